The van der Waals surface area contributed by atoms with E-state index < -0.39 is 0 Å². The molecule has 0 atom stereocenters. The zero-order chi connectivity index (χ0) is 43.6. The summed E-state index contributed by atoms with van der Waals surface area (Å²) in [6.07, 6.45) is 0. The van der Waals surface area contributed by atoms with E-state index in [4.69, 9.17) is 4.42 Å². The monoisotopic (exact) mass is 839 g/mol. The first kappa shape index (κ1) is 37.8. The van der Waals surface area contributed by atoms with Crippen molar-refractivity contribution in [2.24, 2.45) is 0 Å². The molecule has 0 unspecified atom stereocenters. The van der Waals surface area contributed by atoms with E-state index in [9.17, 15) is 0 Å². The largest absolute Gasteiger partial charge is 0.456 e. The number of para-hydroxylation sites is 1. The third-order valence-corrected chi connectivity index (χ3v) is 13.4. The summed E-state index contributed by atoms with van der Waals surface area (Å²) in [5, 5.41) is 12.4. The average molecular weight is 840 g/mol. The van der Waals surface area contributed by atoms with Crippen LogP contribution in [-0.4, -0.2) is 0 Å². The highest BCUT2D eigenvalue weighted by atomic mass is 16.3. The zero-order valence-electron chi connectivity index (χ0n) is 36.0. The molecular formula is C64H41NO. The second-order valence-corrected chi connectivity index (χ2v) is 17.3. The summed E-state index contributed by atoms with van der Waals surface area (Å²) in [5.41, 5.74) is 14.4. The van der Waals surface area contributed by atoms with E-state index in [0.717, 1.165) is 61.3 Å². The van der Waals surface area contributed by atoms with Crippen molar-refractivity contribution in [2.75, 3.05) is 4.90 Å². The predicted molar refractivity (Wildman–Crippen MR) is 280 cm³/mol. The van der Waals surface area contributed by atoms with Gasteiger partial charge in [-0.25, -0.2) is 0 Å². The Morgan fingerprint density at radius 3 is 1.30 bits per heavy atom. The van der Waals surface area contributed by atoms with Crippen molar-refractivity contribution in [3.63, 3.8) is 0 Å². The Morgan fingerprint density at radius 2 is 0.682 bits per heavy atom. The molecule has 0 fully saturated rings. The molecule has 0 amide bonds. The third-order valence-electron chi connectivity index (χ3n) is 13.4. The summed E-state index contributed by atoms with van der Waals surface area (Å²) in [4.78, 5) is 2.38. The lowest BCUT2D eigenvalue weighted by Gasteiger charge is -2.27. The summed E-state index contributed by atoms with van der Waals surface area (Å²) in [6.45, 7) is 0. The van der Waals surface area contributed by atoms with Gasteiger partial charge >= 0.3 is 0 Å². The topological polar surface area (TPSA) is 16.4 Å². The van der Waals surface area contributed by atoms with Crippen molar-refractivity contribution < 1.29 is 4.42 Å². The molecule has 13 aromatic rings. The smallest absolute Gasteiger partial charge is 0.136 e. The maximum absolute atomic E-state index is 6.28. The van der Waals surface area contributed by atoms with Gasteiger partial charge in [0.25, 0.3) is 0 Å². The normalized spacial score (nSPS) is 11.6. The number of hydrogen-bond acceptors (Lipinski definition) is 2. The van der Waals surface area contributed by atoms with Gasteiger partial charge in [0.2, 0.25) is 0 Å². The molecular weight excluding hydrogens is 799 g/mol. The summed E-state index contributed by atoms with van der Waals surface area (Å²) in [7, 11) is 0. The van der Waals surface area contributed by atoms with Crippen LogP contribution in [0.2, 0.25) is 0 Å². The number of hydrogen-bond donors (Lipinski definition) is 0. The Morgan fingerprint density at radius 1 is 0.242 bits per heavy atom. The molecule has 308 valence electrons. The molecule has 1 aromatic heterocycles. The lowest BCUT2D eigenvalue weighted by Crippen LogP contribution is -2.10. The summed E-state index contributed by atoms with van der Waals surface area (Å²) in [5.74, 6) is 0. The highest BCUT2D eigenvalue weighted by molar-refractivity contribution is 6.13. The maximum atomic E-state index is 6.28. The summed E-state index contributed by atoms with van der Waals surface area (Å²) >= 11 is 0. The molecule has 66 heavy (non-hydrogen) atoms. The zero-order valence-corrected chi connectivity index (χ0v) is 36.0. The maximum Gasteiger partial charge on any atom is 0.136 e. The van der Waals surface area contributed by atoms with Gasteiger partial charge in [-0.3, -0.25) is 0 Å². The molecule has 0 saturated carbocycles. The van der Waals surface area contributed by atoms with Crippen LogP contribution in [0.5, 0.6) is 0 Å². The number of nitrogens with zero attached hydrogens (tertiary/aromatic N) is 1. The Kier molecular flexibility index (Phi) is 8.89. The van der Waals surface area contributed by atoms with Crippen LogP contribution < -0.4 is 4.90 Å². The highest BCUT2D eigenvalue weighted by Crippen LogP contribution is 2.42. The van der Waals surface area contributed by atoms with E-state index in [0.29, 0.717) is 0 Å². The van der Waals surface area contributed by atoms with Crippen LogP contribution in [0.1, 0.15) is 0 Å². The fourth-order valence-corrected chi connectivity index (χ4v) is 10.1. The van der Waals surface area contributed by atoms with Gasteiger partial charge in [0.1, 0.15) is 11.2 Å². The Bertz CT molecular complexity index is 3990. The molecule has 0 spiro atoms. The molecule has 0 aliphatic rings. The van der Waals surface area contributed by atoms with Gasteiger partial charge in [-0.05, 0) is 148 Å². The van der Waals surface area contributed by atoms with Crippen molar-refractivity contribution >= 4 is 82.1 Å². The van der Waals surface area contributed by atoms with Crippen LogP contribution in [-0.2, 0) is 0 Å². The van der Waals surface area contributed by atoms with Crippen molar-refractivity contribution in [3.8, 4) is 44.5 Å². The summed E-state index contributed by atoms with van der Waals surface area (Å²) in [6, 6.07) is 90.4. The minimum atomic E-state index is 0.897. The van der Waals surface area contributed by atoms with E-state index in [1.165, 1.54) is 65.3 Å². The van der Waals surface area contributed by atoms with Crippen molar-refractivity contribution in [3.05, 3.63) is 249 Å². The predicted octanol–water partition coefficient (Wildman–Crippen LogP) is 18.3. The van der Waals surface area contributed by atoms with E-state index in [1.54, 1.807) is 0 Å². The minimum Gasteiger partial charge on any atom is -0.456 e. The standard InChI is InChI=1S/C64H41NO/c1-3-16-56-44(10-1)26-28-51-38-49(32-36-58(51)56)43-24-22-42(23-25-43)47-12-7-14-54(40-47)65(53-34-30-46(31-35-53)60-19-9-21-63-64(60)61-18-5-6-20-62(61)66-63)55-15-8-13-48(41-55)50-33-37-59-52(39-50)29-27-45-11-2-4-17-57(45)59/h1-41H. The number of furan rings is 1. The second kappa shape index (κ2) is 15.5. The molecule has 13 rings (SSSR count). The van der Waals surface area contributed by atoms with Crippen LogP contribution in [0.4, 0.5) is 17.1 Å². The van der Waals surface area contributed by atoms with Crippen LogP contribution >= 0.6 is 0 Å². The molecule has 0 N–H and O–H groups in total. The van der Waals surface area contributed by atoms with E-state index in [2.05, 4.69) is 241 Å². The Hall–Kier alpha value is -8.72. The Labute approximate surface area is 382 Å². The second-order valence-electron chi connectivity index (χ2n) is 17.3. The fourth-order valence-electron chi connectivity index (χ4n) is 10.1. The molecule has 1 heterocycles. The molecule has 2 heteroatoms. The Balaban J connectivity index is 0.889. The molecule has 0 aliphatic heterocycles. The van der Waals surface area contributed by atoms with E-state index in [-0.39, 0.29) is 0 Å². The minimum absolute atomic E-state index is 0.897. The molecule has 0 saturated heterocycles. The van der Waals surface area contributed by atoms with Gasteiger partial charge in [0.15, 0.2) is 0 Å². The molecule has 0 radical (unpaired) electrons. The fraction of sp³-hybridized carbons (Fsp3) is 0. The van der Waals surface area contributed by atoms with Crippen molar-refractivity contribution in [1.29, 1.82) is 0 Å². The van der Waals surface area contributed by atoms with Gasteiger partial charge in [-0.2, -0.15) is 0 Å². The van der Waals surface area contributed by atoms with Crippen LogP contribution in [0, 0.1) is 0 Å². The van der Waals surface area contributed by atoms with Gasteiger partial charge < -0.3 is 9.32 Å². The van der Waals surface area contributed by atoms with Crippen LogP contribution in [0.3, 0.4) is 0 Å². The first-order valence-corrected chi connectivity index (χ1v) is 22.6. The first-order chi connectivity index (χ1) is 32.7. The van der Waals surface area contributed by atoms with Gasteiger partial charge in [-0.1, -0.05) is 188 Å². The molecule has 12 aromatic carbocycles. The van der Waals surface area contributed by atoms with E-state index in [1.807, 2.05) is 12.1 Å². The van der Waals surface area contributed by atoms with Crippen molar-refractivity contribution in [2.45, 2.75) is 0 Å². The van der Waals surface area contributed by atoms with Crippen LogP contribution in [0.25, 0.3) is 110 Å². The third kappa shape index (κ3) is 6.50. The van der Waals surface area contributed by atoms with Crippen LogP contribution in [0.15, 0.2) is 253 Å². The lowest BCUT2D eigenvalue weighted by atomic mass is 9.96. The van der Waals surface area contributed by atoms with Gasteiger partial charge in [0, 0.05) is 27.8 Å². The average Bonchev–Trinajstić information content (AvgIpc) is 3.78. The van der Waals surface area contributed by atoms with Gasteiger partial charge in [-0.15, -0.1) is 0 Å². The van der Waals surface area contributed by atoms with E-state index >= 15 is 0 Å². The quantitative estimate of drug-likeness (QED) is 0.149. The number of anilines is 3. The molecule has 0 bridgehead atoms. The molecule has 0 aliphatic carbocycles. The van der Waals surface area contributed by atoms with Gasteiger partial charge in [0.05, 0.1) is 0 Å². The summed E-state index contributed by atoms with van der Waals surface area (Å²) < 4.78 is 6.28. The lowest BCUT2D eigenvalue weighted by molar-refractivity contribution is 0.669. The van der Waals surface area contributed by atoms with Crippen molar-refractivity contribution in [1.82, 2.24) is 0 Å². The first-order valence-electron chi connectivity index (χ1n) is 22.6. The number of rotatable bonds is 7. The number of fused-ring (bicyclic) bond motifs is 9. The number of benzene rings is 12. The molecule has 2 nitrogen and oxygen atoms in total. The SMILES string of the molecule is c1cc(-c2ccc(-c3ccc4c(ccc5ccccc54)c3)cc2)cc(N(c2ccc(-c3cccc4oc5ccccc5c34)cc2)c2cccc(-c3ccc4c(ccc5ccccc54)c3)c2)c1. The highest BCUT2D eigenvalue weighted by Gasteiger charge is 2.17.